The van der Waals surface area contributed by atoms with Crippen LogP contribution in [-0.4, -0.2) is 23.0 Å². The van der Waals surface area contributed by atoms with Gasteiger partial charge in [-0.25, -0.2) is 0 Å². The molecule has 17 heavy (non-hydrogen) atoms. The van der Waals surface area contributed by atoms with Crippen molar-refractivity contribution in [3.05, 3.63) is 36.4 Å². The average Bonchev–Trinajstić information content (AvgIpc) is 2.40. The molecule has 1 aromatic heterocycles. The molecule has 0 fully saturated rings. The number of thioether (sulfide) groups is 1. The van der Waals surface area contributed by atoms with Crippen LogP contribution in [0.4, 0.5) is 5.82 Å². The molecule has 2 rings (SSSR count). The van der Waals surface area contributed by atoms with Gasteiger partial charge >= 0.3 is 0 Å². The SMILES string of the molecule is CCSc1ccc(-c2ccc(NC)nn2)cc1. The fourth-order valence-corrected chi connectivity index (χ4v) is 2.17. The molecule has 0 radical (unpaired) electrons. The number of benzene rings is 1. The first-order valence-electron chi connectivity index (χ1n) is 5.58. The fourth-order valence-electron chi connectivity index (χ4n) is 1.51. The normalized spacial score (nSPS) is 10.2. The lowest BCUT2D eigenvalue weighted by Gasteiger charge is -2.03. The maximum Gasteiger partial charge on any atom is 0.148 e. The van der Waals surface area contributed by atoms with Gasteiger partial charge in [-0.1, -0.05) is 19.1 Å². The third-order valence-corrected chi connectivity index (χ3v) is 3.28. The Bertz CT molecular complexity index is 465. The second-order valence-electron chi connectivity index (χ2n) is 3.51. The Hall–Kier alpha value is -1.55. The smallest absolute Gasteiger partial charge is 0.148 e. The van der Waals surface area contributed by atoms with Crippen LogP contribution in [0.3, 0.4) is 0 Å². The van der Waals surface area contributed by atoms with Crippen LogP contribution in [0.1, 0.15) is 6.92 Å². The van der Waals surface area contributed by atoms with Crippen LogP contribution in [-0.2, 0) is 0 Å². The first-order chi connectivity index (χ1) is 8.33. The van der Waals surface area contributed by atoms with Crippen molar-refractivity contribution >= 4 is 17.6 Å². The lowest BCUT2D eigenvalue weighted by molar-refractivity contribution is 1.04. The topological polar surface area (TPSA) is 37.8 Å². The van der Waals surface area contributed by atoms with E-state index in [1.165, 1.54) is 4.90 Å². The van der Waals surface area contributed by atoms with Crippen molar-refractivity contribution in [2.24, 2.45) is 0 Å². The van der Waals surface area contributed by atoms with Gasteiger partial charge in [0, 0.05) is 17.5 Å². The molecule has 0 atom stereocenters. The summed E-state index contributed by atoms with van der Waals surface area (Å²) in [5.41, 5.74) is 2.00. The molecule has 3 nitrogen and oxygen atoms in total. The standard InChI is InChI=1S/C13H15N3S/c1-3-17-11-6-4-10(5-7-11)12-8-9-13(14-2)16-15-12/h4-9H,3H2,1-2H3,(H,14,16). The van der Waals surface area contributed by atoms with E-state index >= 15 is 0 Å². The van der Waals surface area contributed by atoms with Crippen molar-refractivity contribution in [1.29, 1.82) is 0 Å². The van der Waals surface area contributed by atoms with E-state index in [0.717, 1.165) is 22.8 Å². The van der Waals surface area contributed by atoms with E-state index in [4.69, 9.17) is 0 Å². The van der Waals surface area contributed by atoms with Crippen LogP contribution >= 0.6 is 11.8 Å². The summed E-state index contributed by atoms with van der Waals surface area (Å²) in [6.45, 7) is 2.15. The van der Waals surface area contributed by atoms with Gasteiger partial charge in [-0.3, -0.25) is 0 Å². The second kappa shape index (κ2) is 5.68. The van der Waals surface area contributed by atoms with Crippen LogP contribution in [0.2, 0.25) is 0 Å². The molecule has 0 aliphatic rings. The summed E-state index contributed by atoms with van der Waals surface area (Å²) in [6, 6.07) is 12.3. The maximum atomic E-state index is 4.18. The molecule has 0 bridgehead atoms. The first-order valence-corrected chi connectivity index (χ1v) is 6.56. The summed E-state index contributed by atoms with van der Waals surface area (Å²) in [5.74, 6) is 1.88. The van der Waals surface area contributed by atoms with Crippen molar-refractivity contribution in [3.63, 3.8) is 0 Å². The Morgan fingerprint density at radius 2 is 1.82 bits per heavy atom. The van der Waals surface area contributed by atoms with Gasteiger partial charge in [0.25, 0.3) is 0 Å². The summed E-state index contributed by atoms with van der Waals surface area (Å²) in [5, 5.41) is 11.2. The number of aromatic nitrogens is 2. The molecule has 1 aromatic carbocycles. The lowest BCUT2D eigenvalue weighted by atomic mass is 10.1. The molecule has 0 aliphatic carbocycles. The summed E-state index contributed by atoms with van der Waals surface area (Å²) in [7, 11) is 1.83. The number of hydrogen-bond acceptors (Lipinski definition) is 4. The van der Waals surface area contributed by atoms with E-state index in [-0.39, 0.29) is 0 Å². The van der Waals surface area contributed by atoms with Gasteiger partial charge in [0.2, 0.25) is 0 Å². The van der Waals surface area contributed by atoms with Gasteiger partial charge in [-0.15, -0.1) is 22.0 Å². The summed E-state index contributed by atoms with van der Waals surface area (Å²) in [6.07, 6.45) is 0. The van der Waals surface area contributed by atoms with Crippen LogP contribution in [0.25, 0.3) is 11.3 Å². The Morgan fingerprint density at radius 1 is 1.06 bits per heavy atom. The molecule has 1 N–H and O–H groups in total. The largest absolute Gasteiger partial charge is 0.372 e. The molecule has 0 unspecified atom stereocenters. The van der Waals surface area contributed by atoms with Crippen LogP contribution in [0.5, 0.6) is 0 Å². The molecule has 88 valence electrons. The van der Waals surface area contributed by atoms with E-state index in [9.17, 15) is 0 Å². The highest BCUT2D eigenvalue weighted by molar-refractivity contribution is 7.99. The molecule has 4 heteroatoms. The van der Waals surface area contributed by atoms with Crippen LogP contribution in [0, 0.1) is 0 Å². The van der Waals surface area contributed by atoms with Gasteiger partial charge in [0.15, 0.2) is 0 Å². The molecule has 0 amide bonds. The minimum atomic E-state index is 0.784. The number of nitrogens with one attached hydrogen (secondary N) is 1. The van der Waals surface area contributed by atoms with Crippen molar-refractivity contribution in [1.82, 2.24) is 10.2 Å². The average molecular weight is 245 g/mol. The van der Waals surface area contributed by atoms with Crippen molar-refractivity contribution in [2.75, 3.05) is 18.1 Å². The summed E-state index contributed by atoms with van der Waals surface area (Å²) < 4.78 is 0. The summed E-state index contributed by atoms with van der Waals surface area (Å²) in [4.78, 5) is 1.29. The Labute approximate surface area is 106 Å². The Balaban J connectivity index is 2.20. The van der Waals surface area contributed by atoms with Crippen molar-refractivity contribution < 1.29 is 0 Å². The maximum absolute atomic E-state index is 4.18. The predicted octanol–water partition coefficient (Wildman–Crippen LogP) is 3.30. The third kappa shape index (κ3) is 2.97. The molecule has 0 saturated heterocycles. The molecule has 2 aromatic rings. The fraction of sp³-hybridized carbons (Fsp3) is 0.231. The minimum Gasteiger partial charge on any atom is -0.372 e. The lowest BCUT2D eigenvalue weighted by Crippen LogP contribution is -1.95. The van der Waals surface area contributed by atoms with E-state index < -0.39 is 0 Å². The van der Waals surface area contributed by atoms with E-state index in [0.29, 0.717) is 0 Å². The van der Waals surface area contributed by atoms with Crippen LogP contribution < -0.4 is 5.32 Å². The van der Waals surface area contributed by atoms with Gasteiger partial charge < -0.3 is 5.32 Å². The number of hydrogen-bond donors (Lipinski definition) is 1. The Kier molecular flexibility index (Phi) is 3.98. The van der Waals surface area contributed by atoms with Gasteiger partial charge in [0.1, 0.15) is 5.82 Å². The van der Waals surface area contributed by atoms with Crippen molar-refractivity contribution in [2.45, 2.75) is 11.8 Å². The van der Waals surface area contributed by atoms with E-state index in [1.54, 1.807) is 0 Å². The molecule has 0 saturated carbocycles. The molecular weight excluding hydrogens is 230 g/mol. The first kappa shape index (κ1) is 11.9. The quantitative estimate of drug-likeness (QED) is 0.839. The van der Waals surface area contributed by atoms with E-state index in [2.05, 4.69) is 46.7 Å². The highest BCUT2D eigenvalue weighted by Crippen LogP contribution is 2.22. The zero-order chi connectivity index (χ0) is 12.1. The molecule has 0 spiro atoms. The molecular formula is C13H15N3S. The number of nitrogens with zero attached hydrogens (tertiary/aromatic N) is 2. The van der Waals surface area contributed by atoms with Crippen molar-refractivity contribution in [3.8, 4) is 11.3 Å². The number of rotatable bonds is 4. The molecule has 0 aliphatic heterocycles. The Morgan fingerprint density at radius 3 is 2.35 bits per heavy atom. The van der Waals surface area contributed by atoms with Gasteiger partial charge in [-0.2, -0.15) is 0 Å². The van der Waals surface area contributed by atoms with E-state index in [1.807, 2.05) is 30.9 Å². The monoisotopic (exact) mass is 245 g/mol. The van der Waals surface area contributed by atoms with Gasteiger partial charge in [0.05, 0.1) is 5.69 Å². The predicted molar refractivity (Wildman–Crippen MR) is 73.4 cm³/mol. The minimum absolute atomic E-state index is 0.784. The molecule has 1 heterocycles. The highest BCUT2D eigenvalue weighted by atomic mass is 32.2. The number of anilines is 1. The van der Waals surface area contributed by atoms with Gasteiger partial charge in [-0.05, 0) is 30.0 Å². The second-order valence-corrected chi connectivity index (χ2v) is 4.85. The summed E-state index contributed by atoms with van der Waals surface area (Å²) >= 11 is 1.84. The highest BCUT2D eigenvalue weighted by Gasteiger charge is 2.00. The third-order valence-electron chi connectivity index (χ3n) is 2.38. The zero-order valence-electron chi connectivity index (χ0n) is 9.97. The zero-order valence-corrected chi connectivity index (χ0v) is 10.8. The van der Waals surface area contributed by atoms with Crippen LogP contribution in [0.15, 0.2) is 41.3 Å².